The summed E-state index contributed by atoms with van der Waals surface area (Å²) < 4.78 is 44.5. The van der Waals surface area contributed by atoms with Gasteiger partial charge in [0.1, 0.15) is 5.75 Å². The molecule has 1 aromatic carbocycles. The Hall–Kier alpha value is -2.54. The molecule has 1 amide bonds. The van der Waals surface area contributed by atoms with Crippen molar-refractivity contribution in [3.05, 3.63) is 65.0 Å². The maximum absolute atomic E-state index is 13.1. The molecule has 2 rings (SSSR count). The standard InChI is InChI=1S/C19H20ClF3N2O2.C4H10.C3H6/c1-12(18-16(24-11-26)7-5-13(2)25-18)4-3-9-27-17-8-6-14(20)10-15(17)19(21,22)23;1-3-4-2;1-3-2/h5-8,10-12H,3-4,9H2,1-2H3,(H,24,26);3-4H2,1-2H3;3H,1H2,2H3. The molecule has 4 nitrogen and oxygen atoms in total. The van der Waals surface area contributed by atoms with Crippen molar-refractivity contribution in [2.24, 2.45) is 0 Å². The third kappa shape index (κ3) is 12.1. The van der Waals surface area contributed by atoms with Crippen LogP contribution in [0.5, 0.6) is 5.75 Å². The van der Waals surface area contributed by atoms with Crippen molar-refractivity contribution in [2.45, 2.75) is 72.4 Å². The lowest BCUT2D eigenvalue weighted by atomic mass is 9.99. The van der Waals surface area contributed by atoms with Crippen molar-refractivity contribution in [1.82, 2.24) is 4.98 Å². The third-order valence-electron chi connectivity index (χ3n) is 4.53. The van der Waals surface area contributed by atoms with E-state index in [9.17, 15) is 18.0 Å². The van der Waals surface area contributed by atoms with Gasteiger partial charge in [0, 0.05) is 16.6 Å². The fourth-order valence-corrected chi connectivity index (χ4v) is 2.87. The lowest BCUT2D eigenvalue weighted by Gasteiger charge is -2.17. The average molecular weight is 501 g/mol. The van der Waals surface area contributed by atoms with Crippen molar-refractivity contribution in [1.29, 1.82) is 0 Å². The van der Waals surface area contributed by atoms with E-state index in [1.807, 2.05) is 20.8 Å². The molecule has 0 aliphatic rings. The summed E-state index contributed by atoms with van der Waals surface area (Å²) in [4.78, 5) is 15.2. The van der Waals surface area contributed by atoms with Crippen molar-refractivity contribution in [2.75, 3.05) is 11.9 Å². The molecule has 0 saturated carbocycles. The lowest BCUT2D eigenvalue weighted by molar-refractivity contribution is -0.139. The van der Waals surface area contributed by atoms with E-state index in [-0.39, 0.29) is 23.3 Å². The molecule has 0 aliphatic heterocycles. The summed E-state index contributed by atoms with van der Waals surface area (Å²) in [5.74, 6) is -0.236. The highest BCUT2D eigenvalue weighted by atomic mass is 35.5. The molecule has 0 saturated heterocycles. The van der Waals surface area contributed by atoms with E-state index in [1.54, 1.807) is 18.2 Å². The quantitative estimate of drug-likeness (QED) is 0.213. The van der Waals surface area contributed by atoms with Crippen LogP contribution in [-0.4, -0.2) is 18.0 Å². The molecular formula is C26H36ClF3N2O2. The van der Waals surface area contributed by atoms with E-state index in [4.69, 9.17) is 16.3 Å². The molecule has 0 aliphatic carbocycles. The number of allylic oxidation sites excluding steroid dienone is 1. The number of nitrogens with one attached hydrogen (secondary N) is 1. The molecule has 1 unspecified atom stereocenters. The Morgan fingerprint density at radius 1 is 1.21 bits per heavy atom. The first-order chi connectivity index (χ1) is 16.0. The molecule has 0 radical (unpaired) electrons. The Labute approximate surface area is 206 Å². The summed E-state index contributed by atoms with van der Waals surface area (Å²) in [5.41, 5.74) is 1.30. The van der Waals surface area contributed by atoms with Crippen LogP contribution in [0.15, 0.2) is 43.0 Å². The molecule has 34 heavy (non-hydrogen) atoms. The van der Waals surface area contributed by atoms with Crippen LogP contribution in [0.2, 0.25) is 5.02 Å². The highest BCUT2D eigenvalue weighted by molar-refractivity contribution is 6.30. The summed E-state index contributed by atoms with van der Waals surface area (Å²) in [7, 11) is 0. The smallest absolute Gasteiger partial charge is 0.420 e. The Morgan fingerprint density at radius 2 is 1.82 bits per heavy atom. The van der Waals surface area contributed by atoms with Gasteiger partial charge in [-0.3, -0.25) is 9.78 Å². The topological polar surface area (TPSA) is 51.2 Å². The first-order valence-corrected chi connectivity index (χ1v) is 11.7. The van der Waals surface area contributed by atoms with Crippen molar-refractivity contribution < 1.29 is 22.7 Å². The minimum Gasteiger partial charge on any atom is -0.493 e. The molecule has 0 spiro atoms. The van der Waals surface area contributed by atoms with Crippen molar-refractivity contribution in [3.8, 4) is 5.75 Å². The first-order valence-electron chi connectivity index (χ1n) is 11.3. The van der Waals surface area contributed by atoms with Gasteiger partial charge >= 0.3 is 6.18 Å². The number of rotatable bonds is 9. The SMILES string of the molecule is C=CC.CCCC.Cc1ccc(NC=O)c(C(C)CCCOc2ccc(Cl)cc2C(F)(F)F)n1. The highest BCUT2D eigenvalue weighted by Gasteiger charge is 2.34. The van der Waals surface area contributed by atoms with Crippen LogP contribution < -0.4 is 10.1 Å². The van der Waals surface area contributed by atoms with Gasteiger partial charge in [0.2, 0.25) is 6.41 Å². The first kappa shape index (κ1) is 31.5. The maximum Gasteiger partial charge on any atom is 0.420 e. The van der Waals surface area contributed by atoms with Crippen LogP contribution in [0.4, 0.5) is 18.9 Å². The third-order valence-corrected chi connectivity index (χ3v) is 4.77. The Bertz CT molecular complexity index is 872. The molecule has 1 atom stereocenters. The number of benzene rings is 1. The number of carbonyl (C=O) groups is 1. The number of anilines is 1. The van der Waals surface area contributed by atoms with E-state index >= 15 is 0 Å². The van der Waals surface area contributed by atoms with Gasteiger partial charge < -0.3 is 10.1 Å². The van der Waals surface area contributed by atoms with E-state index in [2.05, 4.69) is 30.7 Å². The monoisotopic (exact) mass is 500 g/mol. The molecule has 190 valence electrons. The van der Waals surface area contributed by atoms with Gasteiger partial charge in [-0.1, -0.05) is 51.3 Å². The average Bonchev–Trinajstić information content (AvgIpc) is 2.78. The summed E-state index contributed by atoms with van der Waals surface area (Å²) in [5, 5.41) is 2.62. The molecule has 2 aromatic rings. The molecule has 8 heteroatoms. The number of unbranched alkanes of at least 4 members (excludes halogenated alkanes) is 1. The number of hydrogen-bond acceptors (Lipinski definition) is 3. The van der Waals surface area contributed by atoms with Gasteiger partial charge in [-0.2, -0.15) is 13.2 Å². The normalized spacial score (nSPS) is 11.2. The van der Waals surface area contributed by atoms with Gasteiger partial charge in [0.25, 0.3) is 0 Å². The van der Waals surface area contributed by atoms with Crippen LogP contribution in [0, 0.1) is 6.92 Å². The van der Waals surface area contributed by atoms with Crippen LogP contribution in [-0.2, 0) is 11.0 Å². The summed E-state index contributed by atoms with van der Waals surface area (Å²) in [6.45, 7) is 13.5. The number of halogens is 4. The maximum atomic E-state index is 13.1. The molecule has 1 aromatic heterocycles. The second-order valence-electron chi connectivity index (χ2n) is 7.59. The number of nitrogens with zero attached hydrogens (tertiary/aromatic N) is 1. The molecular weight excluding hydrogens is 465 g/mol. The number of alkyl halides is 3. The van der Waals surface area contributed by atoms with Crippen molar-refractivity contribution in [3.63, 3.8) is 0 Å². The van der Waals surface area contributed by atoms with Gasteiger partial charge in [0.05, 0.1) is 23.6 Å². The van der Waals surface area contributed by atoms with E-state index in [0.29, 0.717) is 24.9 Å². The fourth-order valence-electron chi connectivity index (χ4n) is 2.70. The van der Waals surface area contributed by atoms with Crippen LogP contribution in [0.1, 0.15) is 76.2 Å². The minimum atomic E-state index is -4.53. The number of hydrogen-bond donors (Lipinski definition) is 1. The van der Waals surface area contributed by atoms with E-state index in [1.165, 1.54) is 25.0 Å². The zero-order chi connectivity index (χ0) is 26.1. The Morgan fingerprint density at radius 3 is 2.35 bits per heavy atom. The Kier molecular flexibility index (Phi) is 15.7. The zero-order valence-corrected chi connectivity index (χ0v) is 21.4. The van der Waals surface area contributed by atoms with E-state index < -0.39 is 11.7 Å². The van der Waals surface area contributed by atoms with Gasteiger partial charge in [0.15, 0.2) is 0 Å². The fraction of sp³-hybridized carbons (Fsp3) is 0.462. The molecule has 0 fully saturated rings. The van der Waals surface area contributed by atoms with Crippen LogP contribution >= 0.6 is 11.6 Å². The van der Waals surface area contributed by atoms with Crippen LogP contribution in [0.25, 0.3) is 0 Å². The van der Waals surface area contributed by atoms with Gasteiger partial charge in [-0.15, -0.1) is 6.58 Å². The summed E-state index contributed by atoms with van der Waals surface area (Å²) in [6, 6.07) is 7.02. The predicted molar refractivity (Wildman–Crippen MR) is 135 cm³/mol. The van der Waals surface area contributed by atoms with E-state index in [0.717, 1.165) is 17.5 Å². The summed E-state index contributed by atoms with van der Waals surface area (Å²) in [6.07, 6.45) is 1.61. The number of pyridine rings is 1. The van der Waals surface area contributed by atoms with Crippen molar-refractivity contribution >= 4 is 23.7 Å². The second kappa shape index (κ2) is 17.0. The largest absolute Gasteiger partial charge is 0.493 e. The number of carbonyl (C=O) groups excluding carboxylic acids is 1. The van der Waals surface area contributed by atoms with Gasteiger partial charge in [-0.25, -0.2) is 0 Å². The molecule has 1 heterocycles. The number of aromatic nitrogens is 1. The zero-order valence-electron chi connectivity index (χ0n) is 20.6. The van der Waals surface area contributed by atoms with Crippen LogP contribution in [0.3, 0.4) is 0 Å². The Balaban J connectivity index is 0.00000137. The summed E-state index contributed by atoms with van der Waals surface area (Å²) >= 11 is 5.65. The van der Waals surface area contributed by atoms with Gasteiger partial charge in [-0.05, 0) is 57.0 Å². The number of amides is 1. The molecule has 0 bridgehead atoms. The second-order valence-corrected chi connectivity index (χ2v) is 8.02. The number of aryl methyl sites for hydroxylation is 1. The predicted octanol–water partition coefficient (Wildman–Crippen LogP) is 8.59. The lowest BCUT2D eigenvalue weighted by Crippen LogP contribution is -2.10. The minimum absolute atomic E-state index is 0.00301. The highest BCUT2D eigenvalue weighted by Crippen LogP contribution is 2.38. The molecule has 1 N–H and O–H groups in total. The number of ether oxygens (including phenoxy) is 1.